The van der Waals surface area contributed by atoms with Crippen LogP contribution in [0.15, 0.2) is 72.8 Å². The minimum Gasteiger partial charge on any atom is -0.508 e. The number of benzene rings is 3. The largest absolute Gasteiger partial charge is 0.508 e. The topological polar surface area (TPSA) is 141 Å². The van der Waals surface area contributed by atoms with Crippen LogP contribution in [0.5, 0.6) is 5.75 Å². The maximum atomic E-state index is 12.5. The van der Waals surface area contributed by atoms with E-state index in [0.717, 1.165) is 36.0 Å². The van der Waals surface area contributed by atoms with Gasteiger partial charge in [0.05, 0.1) is 24.9 Å². The lowest BCUT2D eigenvalue weighted by Crippen LogP contribution is -2.44. The van der Waals surface area contributed by atoms with Gasteiger partial charge in [-0.2, -0.15) is 0 Å². The normalized spacial score (nSPS) is 20.3. The van der Waals surface area contributed by atoms with E-state index in [1.165, 1.54) is 6.92 Å². The van der Waals surface area contributed by atoms with E-state index in [1.807, 2.05) is 60.5 Å². The van der Waals surface area contributed by atoms with Crippen LogP contribution >= 0.6 is 0 Å². The second kappa shape index (κ2) is 17.2. The number of amides is 2. The highest BCUT2D eigenvalue weighted by atomic mass is 16.7. The molecule has 46 heavy (non-hydrogen) atoms. The first-order valence-corrected chi connectivity index (χ1v) is 15.9. The number of ether oxygens (including phenoxy) is 2. The maximum Gasteiger partial charge on any atom is 0.224 e. The van der Waals surface area contributed by atoms with E-state index < -0.39 is 12.4 Å². The van der Waals surface area contributed by atoms with Gasteiger partial charge < -0.3 is 40.3 Å². The van der Waals surface area contributed by atoms with E-state index in [4.69, 9.17) is 9.47 Å². The van der Waals surface area contributed by atoms with Crippen LogP contribution in [0.4, 0.5) is 5.69 Å². The standard InChI is InChI=1S/C36H47N3O7/c1-24-33(22-39(3)21-32(43)29-8-7-9-31(42)20-29)45-36(46-35(24)27-13-11-26(23-40)12-14-27)28-15-17-30(18-16-28)38-34(44)10-5-4-6-19-37-25(2)41/h7-9,11-18,20,24,32-33,35-36,40,42-43H,4-6,10,19,21-23H2,1-3H3,(H,37,41)(H,38,44). The molecule has 10 heteroatoms. The SMILES string of the molecule is CC(=O)NCCCCCC(=O)Nc1ccc(C2OC(CN(C)CC(O)c3cccc(O)c3)C(C)C(c3ccc(CO)cc3)O2)cc1. The molecule has 0 spiro atoms. The number of likely N-dealkylation sites (N-methyl/N-ethyl adjacent to an activating group) is 1. The summed E-state index contributed by atoms with van der Waals surface area (Å²) in [6.45, 7) is 5.04. The molecule has 2 amide bonds. The Morgan fingerprint density at radius 2 is 1.67 bits per heavy atom. The fourth-order valence-electron chi connectivity index (χ4n) is 5.64. The summed E-state index contributed by atoms with van der Waals surface area (Å²) in [5.74, 6) is -0.0302. The highest BCUT2D eigenvalue weighted by Crippen LogP contribution is 2.42. The van der Waals surface area contributed by atoms with Crippen LogP contribution < -0.4 is 10.6 Å². The number of rotatable bonds is 15. The first-order chi connectivity index (χ1) is 22.1. The minimum absolute atomic E-state index is 0.0339. The molecule has 1 aliphatic heterocycles. The Morgan fingerprint density at radius 1 is 0.957 bits per heavy atom. The number of aliphatic hydroxyl groups is 2. The van der Waals surface area contributed by atoms with E-state index in [2.05, 4.69) is 17.6 Å². The third-order valence-corrected chi connectivity index (χ3v) is 8.28. The number of carbonyl (C=O) groups excluding carboxylic acids is 2. The van der Waals surface area contributed by atoms with Crippen molar-refractivity contribution in [2.75, 3.05) is 32.0 Å². The zero-order valence-electron chi connectivity index (χ0n) is 26.9. The van der Waals surface area contributed by atoms with Gasteiger partial charge in [0.2, 0.25) is 11.8 Å². The molecule has 0 aromatic heterocycles. The van der Waals surface area contributed by atoms with Crippen LogP contribution in [-0.4, -0.2) is 64.8 Å². The Kier molecular flexibility index (Phi) is 13.1. The van der Waals surface area contributed by atoms with Crippen molar-refractivity contribution >= 4 is 17.5 Å². The van der Waals surface area contributed by atoms with Crippen molar-refractivity contribution in [2.24, 2.45) is 5.92 Å². The van der Waals surface area contributed by atoms with E-state index in [0.29, 0.717) is 37.3 Å². The molecule has 5 unspecified atom stereocenters. The van der Waals surface area contributed by atoms with Crippen LogP contribution in [0.25, 0.3) is 0 Å². The Bertz CT molecular complexity index is 1400. The Morgan fingerprint density at radius 3 is 2.35 bits per heavy atom. The fraction of sp³-hybridized carbons (Fsp3) is 0.444. The average molecular weight is 634 g/mol. The Balaban J connectivity index is 1.41. The van der Waals surface area contributed by atoms with Crippen molar-refractivity contribution in [3.8, 4) is 5.75 Å². The monoisotopic (exact) mass is 633 g/mol. The number of carbonyl (C=O) groups is 2. The number of nitrogens with zero attached hydrogens (tertiary/aromatic N) is 1. The molecular formula is C36H47N3O7. The molecule has 10 nitrogen and oxygen atoms in total. The van der Waals surface area contributed by atoms with Gasteiger partial charge in [-0.1, -0.05) is 61.9 Å². The van der Waals surface area contributed by atoms with Crippen LogP contribution in [0, 0.1) is 5.92 Å². The molecule has 3 aromatic rings. The highest BCUT2D eigenvalue weighted by molar-refractivity contribution is 5.90. The lowest BCUT2D eigenvalue weighted by Gasteiger charge is -2.42. The van der Waals surface area contributed by atoms with Gasteiger partial charge in [0.15, 0.2) is 6.29 Å². The zero-order valence-corrected chi connectivity index (χ0v) is 26.9. The molecule has 1 saturated heterocycles. The minimum atomic E-state index is -0.781. The second-order valence-electron chi connectivity index (χ2n) is 12.1. The second-order valence-corrected chi connectivity index (χ2v) is 12.1. The zero-order chi connectivity index (χ0) is 33.1. The van der Waals surface area contributed by atoms with Gasteiger partial charge in [-0.15, -0.1) is 0 Å². The Hall–Kier alpha value is -3.80. The van der Waals surface area contributed by atoms with E-state index in [-0.39, 0.29) is 42.3 Å². The molecule has 1 aliphatic rings. The maximum absolute atomic E-state index is 12.5. The first-order valence-electron chi connectivity index (χ1n) is 15.9. The van der Waals surface area contributed by atoms with Gasteiger partial charge in [0.25, 0.3) is 0 Å². The molecule has 5 atom stereocenters. The van der Waals surface area contributed by atoms with Gasteiger partial charge in [0.1, 0.15) is 5.75 Å². The van der Waals surface area contributed by atoms with Crippen molar-refractivity contribution in [1.29, 1.82) is 0 Å². The van der Waals surface area contributed by atoms with Gasteiger partial charge in [-0.3, -0.25) is 9.59 Å². The lowest BCUT2D eigenvalue weighted by molar-refractivity contribution is -0.276. The number of unbranched alkanes of at least 4 members (excludes halogenated alkanes) is 2. The molecule has 0 radical (unpaired) electrons. The molecule has 5 N–H and O–H groups in total. The number of anilines is 1. The number of phenols is 1. The van der Waals surface area contributed by atoms with Crippen molar-refractivity contribution in [3.63, 3.8) is 0 Å². The number of phenolic OH excluding ortho intramolecular Hbond substituents is 1. The highest BCUT2D eigenvalue weighted by Gasteiger charge is 2.39. The van der Waals surface area contributed by atoms with Gasteiger partial charge in [0, 0.05) is 50.1 Å². The summed E-state index contributed by atoms with van der Waals surface area (Å²) >= 11 is 0. The van der Waals surface area contributed by atoms with Crippen molar-refractivity contribution in [2.45, 2.75) is 70.7 Å². The molecule has 0 aliphatic carbocycles. The smallest absolute Gasteiger partial charge is 0.224 e. The van der Waals surface area contributed by atoms with Crippen LogP contribution in [0.3, 0.4) is 0 Å². The summed E-state index contributed by atoms with van der Waals surface area (Å²) in [7, 11) is 1.93. The lowest BCUT2D eigenvalue weighted by atomic mass is 9.90. The van der Waals surface area contributed by atoms with Gasteiger partial charge >= 0.3 is 0 Å². The number of hydrogen-bond acceptors (Lipinski definition) is 8. The van der Waals surface area contributed by atoms with Crippen molar-refractivity contribution in [1.82, 2.24) is 10.2 Å². The van der Waals surface area contributed by atoms with E-state index in [1.54, 1.807) is 24.3 Å². The van der Waals surface area contributed by atoms with E-state index in [9.17, 15) is 24.9 Å². The van der Waals surface area contributed by atoms with Gasteiger partial charge in [-0.25, -0.2) is 0 Å². The van der Waals surface area contributed by atoms with Crippen LogP contribution in [0.1, 0.15) is 80.3 Å². The third kappa shape index (κ3) is 10.4. The number of aliphatic hydroxyl groups excluding tert-OH is 2. The predicted molar refractivity (Wildman–Crippen MR) is 176 cm³/mol. The molecule has 4 rings (SSSR count). The quantitative estimate of drug-likeness (QED) is 0.148. The molecular weight excluding hydrogens is 586 g/mol. The van der Waals surface area contributed by atoms with E-state index >= 15 is 0 Å². The number of nitrogens with one attached hydrogen (secondary N) is 2. The summed E-state index contributed by atoms with van der Waals surface area (Å²) in [5, 5.41) is 35.9. The first kappa shape index (κ1) is 35.1. The Labute approximate surface area is 271 Å². The average Bonchev–Trinajstić information content (AvgIpc) is 3.04. The van der Waals surface area contributed by atoms with Crippen molar-refractivity contribution < 1.29 is 34.4 Å². The summed E-state index contributed by atoms with van der Waals surface area (Å²) in [6, 6.07) is 21.8. The van der Waals surface area contributed by atoms with Crippen LogP contribution in [-0.2, 0) is 25.7 Å². The number of hydrogen-bond donors (Lipinski definition) is 5. The molecule has 248 valence electrons. The summed E-state index contributed by atoms with van der Waals surface area (Å²) in [6.07, 6.45) is 0.865. The molecule has 0 bridgehead atoms. The summed E-state index contributed by atoms with van der Waals surface area (Å²) in [5.41, 5.74) is 3.93. The summed E-state index contributed by atoms with van der Waals surface area (Å²) in [4.78, 5) is 25.4. The predicted octanol–water partition coefficient (Wildman–Crippen LogP) is 4.98. The molecule has 1 heterocycles. The molecule has 0 saturated carbocycles. The fourth-order valence-corrected chi connectivity index (χ4v) is 5.64. The van der Waals surface area contributed by atoms with Gasteiger partial charge in [-0.05, 0) is 60.8 Å². The van der Waals surface area contributed by atoms with Crippen molar-refractivity contribution in [3.05, 3.63) is 95.1 Å². The van der Waals surface area contributed by atoms with Crippen LogP contribution in [0.2, 0.25) is 0 Å². The third-order valence-electron chi connectivity index (χ3n) is 8.28. The summed E-state index contributed by atoms with van der Waals surface area (Å²) < 4.78 is 13.1. The number of aromatic hydroxyl groups is 1. The molecule has 3 aromatic carbocycles. The molecule has 1 fully saturated rings.